The maximum absolute atomic E-state index is 12.6. The SMILES string of the molecule is N#Cc1cnc(SCC(=O)Nc2cc(C3CCCC3)nn2-c2ccccc2)nc1N. The van der Waals surface area contributed by atoms with Gasteiger partial charge in [-0.3, -0.25) is 4.79 Å². The Balaban J connectivity index is 1.49. The first-order valence-electron chi connectivity index (χ1n) is 9.74. The molecule has 3 N–H and O–H groups in total. The molecule has 0 atom stereocenters. The van der Waals surface area contributed by atoms with Crippen molar-refractivity contribution in [2.24, 2.45) is 0 Å². The van der Waals surface area contributed by atoms with E-state index in [1.807, 2.05) is 42.5 Å². The number of hydrogen-bond donors (Lipinski definition) is 2. The minimum absolute atomic E-state index is 0.110. The summed E-state index contributed by atoms with van der Waals surface area (Å²) >= 11 is 1.16. The van der Waals surface area contributed by atoms with E-state index in [9.17, 15) is 4.79 Å². The van der Waals surface area contributed by atoms with Crippen molar-refractivity contribution in [1.82, 2.24) is 19.7 Å². The lowest BCUT2D eigenvalue weighted by molar-refractivity contribution is -0.113. The van der Waals surface area contributed by atoms with Crippen molar-refractivity contribution in [2.75, 3.05) is 16.8 Å². The van der Waals surface area contributed by atoms with E-state index < -0.39 is 0 Å². The summed E-state index contributed by atoms with van der Waals surface area (Å²) in [5.74, 6) is 1.12. The molecule has 0 unspecified atom stereocenters. The number of anilines is 2. The lowest BCUT2D eigenvalue weighted by atomic mass is 10.0. The average Bonchev–Trinajstić information content (AvgIpc) is 3.43. The normalized spacial score (nSPS) is 13.8. The lowest BCUT2D eigenvalue weighted by Crippen LogP contribution is -2.17. The highest BCUT2D eigenvalue weighted by Gasteiger charge is 2.22. The molecule has 1 fully saturated rings. The van der Waals surface area contributed by atoms with E-state index in [0.29, 0.717) is 16.9 Å². The number of para-hydroxylation sites is 1. The first-order chi connectivity index (χ1) is 14.6. The molecule has 9 heteroatoms. The van der Waals surface area contributed by atoms with Crippen molar-refractivity contribution < 1.29 is 4.79 Å². The summed E-state index contributed by atoms with van der Waals surface area (Å²) < 4.78 is 1.78. The van der Waals surface area contributed by atoms with Crippen LogP contribution in [0.1, 0.15) is 42.9 Å². The van der Waals surface area contributed by atoms with Crippen LogP contribution in [0.5, 0.6) is 0 Å². The third kappa shape index (κ3) is 4.44. The predicted octanol–water partition coefficient (Wildman–Crippen LogP) is 3.50. The van der Waals surface area contributed by atoms with Crippen molar-refractivity contribution in [3.05, 3.63) is 53.9 Å². The second kappa shape index (κ2) is 8.97. The van der Waals surface area contributed by atoms with Crippen LogP contribution >= 0.6 is 11.8 Å². The van der Waals surface area contributed by atoms with Crippen LogP contribution in [0.25, 0.3) is 5.69 Å². The number of aromatic nitrogens is 4. The Bertz CT molecular complexity index is 1080. The highest BCUT2D eigenvalue weighted by molar-refractivity contribution is 7.99. The van der Waals surface area contributed by atoms with E-state index in [0.717, 1.165) is 36.0 Å². The number of benzene rings is 1. The molecular weight excluding hydrogens is 398 g/mol. The van der Waals surface area contributed by atoms with Crippen LogP contribution in [0.2, 0.25) is 0 Å². The van der Waals surface area contributed by atoms with Gasteiger partial charge in [-0.1, -0.05) is 42.8 Å². The molecule has 1 aliphatic carbocycles. The number of thioether (sulfide) groups is 1. The second-order valence-corrected chi connectivity index (χ2v) is 8.03. The lowest BCUT2D eigenvalue weighted by Gasteiger charge is -2.08. The van der Waals surface area contributed by atoms with Gasteiger partial charge < -0.3 is 11.1 Å². The molecule has 0 aliphatic heterocycles. The Labute approximate surface area is 178 Å². The fourth-order valence-electron chi connectivity index (χ4n) is 3.52. The molecule has 152 valence electrons. The first kappa shape index (κ1) is 19.9. The molecule has 1 aliphatic rings. The van der Waals surface area contributed by atoms with Gasteiger partial charge in [0.2, 0.25) is 5.91 Å². The van der Waals surface area contributed by atoms with Gasteiger partial charge in [0, 0.05) is 12.0 Å². The monoisotopic (exact) mass is 419 g/mol. The first-order valence-corrected chi connectivity index (χ1v) is 10.7. The number of rotatable bonds is 6. The van der Waals surface area contributed by atoms with Gasteiger partial charge in [0.05, 0.1) is 23.3 Å². The zero-order valence-corrected chi connectivity index (χ0v) is 17.1. The van der Waals surface area contributed by atoms with Crippen molar-refractivity contribution >= 4 is 29.3 Å². The Morgan fingerprint density at radius 2 is 2.07 bits per heavy atom. The molecule has 0 saturated heterocycles. The standard InChI is InChI=1S/C21H21N7OS/c22-11-15-12-24-21(26-20(15)23)30-13-19(29)25-18-10-17(14-6-4-5-7-14)27-28(18)16-8-2-1-3-9-16/h1-3,8-10,12,14H,4-7,13H2,(H,25,29)(H2,23,24,26). The molecular formula is C21H21N7OS. The molecule has 0 radical (unpaired) electrons. The Morgan fingerprint density at radius 1 is 1.30 bits per heavy atom. The molecule has 1 amide bonds. The average molecular weight is 420 g/mol. The fraction of sp³-hybridized carbons (Fsp3) is 0.286. The Hall–Kier alpha value is -3.38. The number of amides is 1. The van der Waals surface area contributed by atoms with Crippen LogP contribution in [0.4, 0.5) is 11.6 Å². The number of carbonyl (C=O) groups is 1. The Morgan fingerprint density at radius 3 is 2.77 bits per heavy atom. The van der Waals surface area contributed by atoms with Crippen LogP contribution in [0.3, 0.4) is 0 Å². The van der Waals surface area contributed by atoms with E-state index in [4.69, 9.17) is 16.1 Å². The number of nitriles is 1. The molecule has 3 aromatic rings. The van der Waals surface area contributed by atoms with Gasteiger partial charge in [-0.05, 0) is 25.0 Å². The van der Waals surface area contributed by atoms with Gasteiger partial charge in [-0.2, -0.15) is 10.4 Å². The van der Waals surface area contributed by atoms with Crippen molar-refractivity contribution in [1.29, 1.82) is 5.26 Å². The van der Waals surface area contributed by atoms with Gasteiger partial charge in [0.15, 0.2) is 5.16 Å². The molecule has 8 nitrogen and oxygen atoms in total. The van der Waals surface area contributed by atoms with Crippen molar-refractivity contribution in [2.45, 2.75) is 36.8 Å². The molecule has 2 aromatic heterocycles. The molecule has 30 heavy (non-hydrogen) atoms. The highest BCUT2D eigenvalue weighted by Crippen LogP contribution is 2.35. The zero-order chi connectivity index (χ0) is 20.9. The molecule has 1 aromatic carbocycles. The molecule has 0 bridgehead atoms. The van der Waals surface area contributed by atoms with E-state index in [1.54, 1.807) is 4.68 Å². The van der Waals surface area contributed by atoms with E-state index >= 15 is 0 Å². The minimum Gasteiger partial charge on any atom is -0.382 e. The van der Waals surface area contributed by atoms with Crippen LogP contribution < -0.4 is 11.1 Å². The quantitative estimate of drug-likeness (QED) is 0.463. The summed E-state index contributed by atoms with van der Waals surface area (Å²) in [5, 5.41) is 17.0. The van der Waals surface area contributed by atoms with Gasteiger partial charge in [0.25, 0.3) is 0 Å². The number of nitrogens with one attached hydrogen (secondary N) is 1. The molecule has 4 rings (SSSR count). The zero-order valence-electron chi connectivity index (χ0n) is 16.3. The fourth-order valence-corrected chi connectivity index (χ4v) is 4.14. The summed E-state index contributed by atoms with van der Waals surface area (Å²) in [5.41, 5.74) is 7.84. The van der Waals surface area contributed by atoms with Gasteiger partial charge in [0.1, 0.15) is 23.3 Å². The van der Waals surface area contributed by atoms with E-state index in [1.165, 1.54) is 19.0 Å². The highest BCUT2D eigenvalue weighted by atomic mass is 32.2. The molecule has 2 heterocycles. The number of nitrogens with two attached hydrogens (primary N) is 1. The number of hydrogen-bond acceptors (Lipinski definition) is 7. The van der Waals surface area contributed by atoms with Gasteiger partial charge in [-0.15, -0.1) is 0 Å². The Kier molecular flexibility index (Phi) is 5.95. The topological polar surface area (TPSA) is 123 Å². The van der Waals surface area contributed by atoms with Crippen LogP contribution in [0.15, 0.2) is 47.8 Å². The van der Waals surface area contributed by atoms with Crippen molar-refractivity contribution in [3.63, 3.8) is 0 Å². The molecule has 1 saturated carbocycles. The van der Waals surface area contributed by atoms with Gasteiger partial charge in [-0.25, -0.2) is 14.6 Å². The van der Waals surface area contributed by atoms with E-state index in [-0.39, 0.29) is 23.0 Å². The summed E-state index contributed by atoms with van der Waals surface area (Å²) in [7, 11) is 0. The number of nitrogens with zero attached hydrogens (tertiary/aromatic N) is 5. The third-order valence-electron chi connectivity index (χ3n) is 5.02. The van der Waals surface area contributed by atoms with Crippen LogP contribution in [0, 0.1) is 11.3 Å². The van der Waals surface area contributed by atoms with Crippen molar-refractivity contribution in [3.8, 4) is 11.8 Å². The number of carbonyl (C=O) groups excluding carboxylic acids is 1. The smallest absolute Gasteiger partial charge is 0.236 e. The maximum Gasteiger partial charge on any atom is 0.236 e. The van der Waals surface area contributed by atoms with E-state index in [2.05, 4.69) is 15.3 Å². The summed E-state index contributed by atoms with van der Waals surface area (Å²) in [6, 6.07) is 13.7. The largest absolute Gasteiger partial charge is 0.382 e. The third-order valence-corrected chi connectivity index (χ3v) is 5.88. The minimum atomic E-state index is -0.193. The number of nitrogen functional groups attached to an aromatic ring is 1. The van der Waals surface area contributed by atoms with Gasteiger partial charge >= 0.3 is 0 Å². The van der Waals surface area contributed by atoms with Crippen LogP contribution in [-0.4, -0.2) is 31.4 Å². The summed E-state index contributed by atoms with van der Waals surface area (Å²) in [6.45, 7) is 0. The predicted molar refractivity (Wildman–Crippen MR) is 115 cm³/mol. The molecule has 0 spiro atoms. The van der Waals surface area contributed by atoms with Crippen LogP contribution in [-0.2, 0) is 4.79 Å². The summed E-state index contributed by atoms with van der Waals surface area (Å²) in [4.78, 5) is 20.7. The summed E-state index contributed by atoms with van der Waals surface area (Å²) in [6.07, 6.45) is 6.06. The second-order valence-electron chi connectivity index (χ2n) is 7.08. The maximum atomic E-state index is 12.6.